The zero-order chi connectivity index (χ0) is 18.5. The lowest BCUT2D eigenvalue weighted by Crippen LogP contribution is -2.28. The number of aromatic nitrogens is 2. The monoisotopic (exact) mass is 351 g/mol. The smallest absolute Gasteiger partial charge is 0.411 e. The number of carboxylic acid groups (broad SMARTS) is 1. The molecule has 1 aromatic heterocycles. The average Bonchev–Trinajstić information content (AvgIpc) is 2.62. The van der Waals surface area contributed by atoms with Crippen LogP contribution in [0, 0.1) is 0 Å². The Morgan fingerprint density at radius 1 is 0.962 bits per heavy atom. The fraction of sp³-hybridized carbons (Fsp3) is 0. The van der Waals surface area contributed by atoms with E-state index < -0.39 is 12.0 Å². The van der Waals surface area contributed by atoms with Crippen LogP contribution in [0.25, 0.3) is 11.3 Å². The highest BCUT2D eigenvalue weighted by Gasteiger charge is 2.15. The van der Waals surface area contributed by atoms with Crippen molar-refractivity contribution in [2.24, 2.45) is 0 Å². The molecule has 0 fully saturated rings. The van der Waals surface area contributed by atoms with Crippen LogP contribution in [0.4, 0.5) is 4.79 Å². The second-order valence-corrected chi connectivity index (χ2v) is 5.16. The molecule has 3 aromatic rings. The number of nitrogens with one attached hydrogen (secondary N) is 1. The van der Waals surface area contributed by atoms with Crippen LogP contribution in [-0.2, 0) is 0 Å². The molecule has 0 radical (unpaired) electrons. The molecule has 0 atom stereocenters. The Morgan fingerprint density at radius 3 is 2.35 bits per heavy atom. The van der Waals surface area contributed by atoms with E-state index in [9.17, 15) is 14.7 Å². The molecule has 3 rings (SSSR count). The van der Waals surface area contributed by atoms with E-state index >= 15 is 0 Å². The number of carbonyl (C=O) groups is 2. The van der Waals surface area contributed by atoms with Crippen LogP contribution in [0.15, 0.2) is 60.7 Å². The number of carbonyl (C=O) groups excluding carboxylic acids is 1. The van der Waals surface area contributed by atoms with Gasteiger partial charge < -0.3 is 14.9 Å². The summed E-state index contributed by atoms with van der Waals surface area (Å²) in [5.41, 5.74) is 0.798. The Labute approximate surface area is 147 Å². The van der Waals surface area contributed by atoms with E-state index in [0.29, 0.717) is 22.9 Å². The first-order valence-electron chi connectivity index (χ1n) is 7.47. The van der Waals surface area contributed by atoms with Crippen LogP contribution in [0.3, 0.4) is 0 Å². The second-order valence-electron chi connectivity index (χ2n) is 5.16. The molecule has 2 amide bonds. The van der Waals surface area contributed by atoms with Crippen molar-refractivity contribution in [3.05, 3.63) is 66.2 Å². The summed E-state index contributed by atoms with van der Waals surface area (Å²) in [4.78, 5) is 22.1. The number of rotatable bonds is 4. The van der Waals surface area contributed by atoms with Gasteiger partial charge in [-0.2, -0.15) is 0 Å². The lowest BCUT2D eigenvalue weighted by Gasteiger charge is -2.07. The number of aromatic hydroxyl groups is 1. The molecule has 3 N–H and O–H groups in total. The molecule has 8 nitrogen and oxygen atoms in total. The predicted octanol–water partition coefficient (Wildman–Crippen LogP) is 3.05. The third-order valence-corrected chi connectivity index (χ3v) is 3.36. The summed E-state index contributed by atoms with van der Waals surface area (Å²) in [6.07, 6.45) is -1.50. The molecular formula is C18H13N3O5. The molecule has 0 saturated carbocycles. The SMILES string of the molecule is O=C(O)NC(=O)c1ccc(-c2ccc(Oc3ccccc3)nn2)cc1O. The van der Waals surface area contributed by atoms with Gasteiger partial charge in [-0.05, 0) is 30.3 Å². The van der Waals surface area contributed by atoms with Gasteiger partial charge in [0.05, 0.1) is 11.3 Å². The topological polar surface area (TPSA) is 122 Å². The van der Waals surface area contributed by atoms with Crippen molar-refractivity contribution < 1.29 is 24.5 Å². The first-order valence-corrected chi connectivity index (χ1v) is 7.47. The number of hydrogen-bond acceptors (Lipinski definition) is 6. The van der Waals surface area contributed by atoms with Crippen molar-refractivity contribution in [1.82, 2.24) is 15.5 Å². The molecule has 0 unspecified atom stereocenters. The minimum atomic E-state index is -1.50. The highest BCUT2D eigenvalue weighted by Crippen LogP contribution is 2.26. The lowest BCUT2D eigenvalue weighted by atomic mass is 10.1. The molecular weight excluding hydrogens is 338 g/mol. The van der Waals surface area contributed by atoms with Crippen LogP contribution in [-0.4, -0.2) is 32.4 Å². The highest BCUT2D eigenvalue weighted by atomic mass is 16.5. The van der Waals surface area contributed by atoms with Gasteiger partial charge >= 0.3 is 6.09 Å². The van der Waals surface area contributed by atoms with Crippen LogP contribution in [0.2, 0.25) is 0 Å². The first kappa shape index (κ1) is 16.9. The van der Waals surface area contributed by atoms with E-state index in [1.54, 1.807) is 29.6 Å². The Kier molecular flexibility index (Phi) is 4.75. The zero-order valence-electron chi connectivity index (χ0n) is 13.3. The van der Waals surface area contributed by atoms with Gasteiger partial charge in [0.1, 0.15) is 11.5 Å². The number of nitrogens with zero attached hydrogens (tertiary/aromatic N) is 2. The summed E-state index contributed by atoms with van der Waals surface area (Å²) in [6.45, 7) is 0. The van der Waals surface area contributed by atoms with E-state index in [1.807, 2.05) is 18.2 Å². The maximum absolute atomic E-state index is 11.6. The average molecular weight is 351 g/mol. The molecule has 8 heteroatoms. The third-order valence-electron chi connectivity index (χ3n) is 3.36. The second kappa shape index (κ2) is 7.31. The number of amides is 2. The van der Waals surface area contributed by atoms with Gasteiger partial charge in [-0.25, -0.2) is 4.79 Å². The minimum absolute atomic E-state index is 0.159. The van der Waals surface area contributed by atoms with Crippen molar-refractivity contribution in [2.45, 2.75) is 0 Å². The molecule has 0 spiro atoms. The number of hydrogen-bond donors (Lipinski definition) is 3. The largest absolute Gasteiger partial charge is 0.507 e. The van der Waals surface area contributed by atoms with E-state index in [4.69, 9.17) is 9.84 Å². The number of para-hydroxylation sites is 1. The van der Waals surface area contributed by atoms with Crippen molar-refractivity contribution >= 4 is 12.0 Å². The fourth-order valence-corrected chi connectivity index (χ4v) is 2.19. The minimum Gasteiger partial charge on any atom is -0.507 e. The first-order chi connectivity index (χ1) is 12.5. The number of phenolic OH excluding ortho intramolecular Hbond substituents is 1. The van der Waals surface area contributed by atoms with E-state index in [0.717, 1.165) is 0 Å². The predicted molar refractivity (Wildman–Crippen MR) is 91.1 cm³/mol. The Bertz CT molecular complexity index is 943. The Balaban J connectivity index is 1.78. The van der Waals surface area contributed by atoms with Crippen LogP contribution in [0.1, 0.15) is 10.4 Å². The van der Waals surface area contributed by atoms with E-state index in [-0.39, 0.29) is 11.3 Å². The number of ether oxygens (including phenoxy) is 1. The molecule has 2 aromatic carbocycles. The number of benzene rings is 2. The molecule has 1 heterocycles. The standard InChI is InChI=1S/C18H13N3O5/c22-15-10-11(6-7-13(15)17(23)19-18(24)25)14-8-9-16(21-20-14)26-12-4-2-1-3-5-12/h1-10,22H,(H,19,23)(H,24,25). The molecule has 0 aliphatic heterocycles. The van der Waals surface area contributed by atoms with Gasteiger partial charge in [-0.15, -0.1) is 10.2 Å². The summed E-state index contributed by atoms with van der Waals surface area (Å²) in [5.74, 6) is -0.352. The van der Waals surface area contributed by atoms with Crippen molar-refractivity contribution in [1.29, 1.82) is 0 Å². The van der Waals surface area contributed by atoms with Crippen molar-refractivity contribution in [3.8, 4) is 28.6 Å². The van der Waals surface area contributed by atoms with Gasteiger partial charge in [0.15, 0.2) is 0 Å². The summed E-state index contributed by atoms with van der Waals surface area (Å²) in [7, 11) is 0. The van der Waals surface area contributed by atoms with Crippen LogP contribution < -0.4 is 10.1 Å². The molecule has 0 bridgehead atoms. The van der Waals surface area contributed by atoms with Gasteiger partial charge in [-0.3, -0.25) is 10.1 Å². The maximum atomic E-state index is 11.6. The van der Waals surface area contributed by atoms with Gasteiger partial charge in [0.2, 0.25) is 5.88 Å². The molecule has 130 valence electrons. The quantitative estimate of drug-likeness (QED) is 0.660. The molecule has 0 aliphatic rings. The molecule has 26 heavy (non-hydrogen) atoms. The summed E-state index contributed by atoms with van der Waals surface area (Å²) >= 11 is 0. The van der Waals surface area contributed by atoms with Crippen molar-refractivity contribution in [3.63, 3.8) is 0 Å². The summed E-state index contributed by atoms with van der Waals surface area (Å²) < 4.78 is 5.55. The van der Waals surface area contributed by atoms with E-state index in [1.165, 1.54) is 18.2 Å². The number of phenols is 1. The Hall–Kier alpha value is -3.94. The maximum Gasteiger partial charge on any atom is 0.411 e. The third kappa shape index (κ3) is 3.93. The zero-order valence-corrected chi connectivity index (χ0v) is 13.3. The molecule has 0 aliphatic carbocycles. The molecule has 0 saturated heterocycles. The van der Waals surface area contributed by atoms with Gasteiger partial charge in [-0.1, -0.05) is 24.3 Å². The van der Waals surface area contributed by atoms with Crippen LogP contribution >= 0.6 is 0 Å². The Morgan fingerprint density at radius 2 is 1.73 bits per heavy atom. The fourth-order valence-electron chi connectivity index (χ4n) is 2.19. The summed E-state index contributed by atoms with van der Waals surface area (Å²) in [5, 5.41) is 28.2. The lowest BCUT2D eigenvalue weighted by molar-refractivity contribution is 0.0945. The van der Waals surface area contributed by atoms with Gasteiger partial charge in [0, 0.05) is 11.6 Å². The highest BCUT2D eigenvalue weighted by molar-refractivity contribution is 6.04. The normalized spacial score (nSPS) is 10.2. The number of imide groups is 1. The van der Waals surface area contributed by atoms with E-state index in [2.05, 4.69) is 10.2 Å². The van der Waals surface area contributed by atoms with Crippen molar-refractivity contribution in [2.75, 3.05) is 0 Å². The van der Waals surface area contributed by atoms with Crippen LogP contribution in [0.5, 0.6) is 17.4 Å². The van der Waals surface area contributed by atoms with Gasteiger partial charge in [0.25, 0.3) is 5.91 Å². The summed E-state index contributed by atoms with van der Waals surface area (Å²) in [6, 6.07) is 16.5.